The van der Waals surface area contributed by atoms with E-state index in [0.29, 0.717) is 10.0 Å². The summed E-state index contributed by atoms with van der Waals surface area (Å²) in [5, 5.41) is 0. The van der Waals surface area contributed by atoms with Crippen LogP contribution in [0.1, 0.15) is 5.56 Å². The molecule has 0 bridgehead atoms. The number of hydrogen-bond acceptors (Lipinski definition) is 1. The Bertz CT molecular complexity index is 320. The summed E-state index contributed by atoms with van der Waals surface area (Å²) < 4.78 is 13.2. The van der Waals surface area contributed by atoms with Crippen LogP contribution in [0.4, 0.5) is 4.39 Å². The van der Waals surface area contributed by atoms with Crippen LogP contribution < -0.4 is 0 Å². The van der Waals surface area contributed by atoms with Crippen LogP contribution in [0.3, 0.4) is 0 Å². The summed E-state index contributed by atoms with van der Waals surface area (Å²) in [4.78, 5) is 9.82. The first kappa shape index (κ1) is 9.13. The average Bonchev–Trinajstić information content (AvgIpc) is 2.07. The molecule has 0 saturated heterocycles. The molecule has 61 valence electrons. The fraction of sp³-hybridized carbons (Fsp3) is 0. The van der Waals surface area contributed by atoms with Gasteiger partial charge in [-0.05, 0) is 39.7 Å². The Balaban J connectivity index is 2.96. The van der Waals surface area contributed by atoms with Crippen molar-refractivity contribution in [3.05, 3.63) is 40.1 Å². The van der Waals surface area contributed by atoms with Crippen LogP contribution in [0.15, 0.2) is 28.7 Å². The Morgan fingerprint density at radius 3 is 2.83 bits per heavy atom. The molecule has 1 aromatic rings. The summed E-state index contributed by atoms with van der Waals surface area (Å²) in [5.41, 5.74) is 0.638. The second-order valence-corrected chi connectivity index (χ2v) is 2.98. The van der Waals surface area contributed by atoms with Gasteiger partial charge in [0, 0.05) is 0 Å². The van der Waals surface area contributed by atoms with Gasteiger partial charge in [-0.1, -0.05) is 12.1 Å². The molecular formula is C9H5BrFO. The van der Waals surface area contributed by atoms with Gasteiger partial charge in [0.15, 0.2) is 0 Å². The summed E-state index contributed by atoms with van der Waals surface area (Å²) >= 11 is 3.02. The van der Waals surface area contributed by atoms with Gasteiger partial charge in [0.25, 0.3) is 0 Å². The molecule has 0 aliphatic carbocycles. The summed E-state index contributed by atoms with van der Waals surface area (Å²) in [6.07, 6.45) is 4.27. The van der Waals surface area contributed by atoms with E-state index >= 15 is 0 Å². The molecule has 1 aromatic carbocycles. The fourth-order valence-electron chi connectivity index (χ4n) is 0.746. The van der Waals surface area contributed by atoms with Crippen molar-refractivity contribution >= 4 is 28.3 Å². The Labute approximate surface area is 78.0 Å². The van der Waals surface area contributed by atoms with Crippen molar-refractivity contribution in [1.29, 1.82) is 0 Å². The van der Waals surface area contributed by atoms with Gasteiger partial charge in [0.1, 0.15) is 5.82 Å². The molecule has 0 atom stereocenters. The van der Waals surface area contributed by atoms with E-state index in [4.69, 9.17) is 0 Å². The van der Waals surface area contributed by atoms with Gasteiger partial charge >= 0.3 is 0 Å². The molecule has 0 saturated carbocycles. The van der Waals surface area contributed by atoms with Crippen molar-refractivity contribution in [3.63, 3.8) is 0 Å². The minimum Gasteiger partial charge on any atom is -0.286 e. The second kappa shape index (κ2) is 4.16. The van der Waals surface area contributed by atoms with Gasteiger partial charge in [-0.25, -0.2) is 4.39 Å². The minimum absolute atomic E-state index is 0.344. The highest BCUT2D eigenvalue weighted by atomic mass is 79.9. The molecule has 0 aliphatic heterocycles. The molecule has 1 rings (SSSR count). The molecule has 1 radical (unpaired) electrons. The zero-order valence-corrected chi connectivity index (χ0v) is 7.64. The number of allylic oxidation sites excluding steroid dienone is 1. The van der Waals surface area contributed by atoms with Crippen LogP contribution in [-0.2, 0) is 4.79 Å². The molecule has 12 heavy (non-hydrogen) atoms. The van der Waals surface area contributed by atoms with Crippen molar-refractivity contribution < 1.29 is 9.18 Å². The lowest BCUT2D eigenvalue weighted by molar-refractivity contribution is 0.564. The van der Waals surface area contributed by atoms with Gasteiger partial charge < -0.3 is 0 Å². The quantitative estimate of drug-likeness (QED) is 0.711. The molecule has 1 nitrogen and oxygen atoms in total. The average molecular weight is 228 g/mol. The molecule has 0 fully saturated rings. The van der Waals surface area contributed by atoms with Crippen molar-refractivity contribution in [3.8, 4) is 0 Å². The van der Waals surface area contributed by atoms with E-state index in [1.165, 1.54) is 18.2 Å². The molecule has 0 N–H and O–H groups in total. The maximum atomic E-state index is 12.8. The normalized spacial score (nSPS) is 10.5. The SMILES string of the molecule is O=[C]C=Cc1ccc(Br)c(F)c1. The third kappa shape index (κ3) is 2.27. The highest BCUT2D eigenvalue weighted by Crippen LogP contribution is 2.16. The number of rotatable bonds is 2. The molecule has 0 heterocycles. The molecule has 0 spiro atoms. The van der Waals surface area contributed by atoms with Gasteiger partial charge in [-0.15, -0.1) is 0 Å². The fourth-order valence-corrected chi connectivity index (χ4v) is 0.993. The highest BCUT2D eigenvalue weighted by molar-refractivity contribution is 9.10. The summed E-state index contributed by atoms with van der Waals surface area (Å²) in [6.45, 7) is 0. The largest absolute Gasteiger partial charge is 0.286 e. The van der Waals surface area contributed by atoms with E-state index in [2.05, 4.69) is 15.9 Å². The monoisotopic (exact) mass is 227 g/mol. The zero-order chi connectivity index (χ0) is 8.97. The Morgan fingerprint density at radius 1 is 1.50 bits per heavy atom. The predicted octanol–water partition coefficient (Wildman–Crippen LogP) is 2.71. The first-order valence-electron chi connectivity index (χ1n) is 3.23. The third-order valence-electron chi connectivity index (χ3n) is 1.29. The number of carbonyl (C=O) groups excluding carboxylic acids is 1. The van der Waals surface area contributed by atoms with E-state index < -0.39 is 0 Å². The maximum Gasteiger partial charge on any atom is 0.225 e. The first-order chi connectivity index (χ1) is 5.74. The molecule has 0 aliphatic rings. The third-order valence-corrected chi connectivity index (χ3v) is 1.93. The summed E-state index contributed by atoms with van der Waals surface area (Å²) in [7, 11) is 0. The standard InChI is InChI=1S/C9H5BrFO/c10-8-4-3-7(2-1-5-12)6-9(8)11/h1-4,6H. The van der Waals surface area contributed by atoms with Crippen LogP contribution in [0.25, 0.3) is 6.08 Å². The summed E-state index contributed by atoms with van der Waals surface area (Å²) in [5.74, 6) is -0.344. The van der Waals surface area contributed by atoms with E-state index in [-0.39, 0.29) is 5.82 Å². The molecule has 3 heteroatoms. The van der Waals surface area contributed by atoms with Crippen molar-refractivity contribution in [2.75, 3.05) is 0 Å². The highest BCUT2D eigenvalue weighted by Gasteiger charge is 1.97. The lowest BCUT2D eigenvalue weighted by Gasteiger charge is -1.94. The van der Waals surface area contributed by atoms with Gasteiger partial charge in [-0.3, -0.25) is 4.79 Å². The molecule has 0 amide bonds. The van der Waals surface area contributed by atoms with Crippen LogP contribution in [0.2, 0.25) is 0 Å². The number of hydrogen-bond donors (Lipinski definition) is 0. The smallest absolute Gasteiger partial charge is 0.225 e. The second-order valence-electron chi connectivity index (χ2n) is 2.12. The Hall–Kier alpha value is -0.960. The lowest BCUT2D eigenvalue weighted by Crippen LogP contribution is -1.78. The van der Waals surface area contributed by atoms with E-state index in [1.807, 2.05) is 0 Å². The molecule has 0 aromatic heterocycles. The molecule has 0 unspecified atom stereocenters. The number of halogens is 2. The Kier molecular flexibility index (Phi) is 3.17. The zero-order valence-electron chi connectivity index (χ0n) is 6.05. The summed E-state index contributed by atoms with van der Waals surface area (Å²) in [6, 6.07) is 4.61. The maximum absolute atomic E-state index is 12.8. The Morgan fingerprint density at radius 2 is 2.25 bits per heavy atom. The lowest BCUT2D eigenvalue weighted by atomic mass is 10.2. The first-order valence-corrected chi connectivity index (χ1v) is 4.02. The topological polar surface area (TPSA) is 17.1 Å². The van der Waals surface area contributed by atoms with Gasteiger partial charge in [0.2, 0.25) is 6.29 Å². The van der Waals surface area contributed by atoms with Crippen molar-refractivity contribution in [1.82, 2.24) is 0 Å². The minimum atomic E-state index is -0.344. The van der Waals surface area contributed by atoms with E-state index in [9.17, 15) is 9.18 Å². The number of benzene rings is 1. The van der Waals surface area contributed by atoms with Crippen molar-refractivity contribution in [2.45, 2.75) is 0 Å². The van der Waals surface area contributed by atoms with Crippen molar-refractivity contribution in [2.24, 2.45) is 0 Å². The van der Waals surface area contributed by atoms with Crippen LogP contribution >= 0.6 is 15.9 Å². The van der Waals surface area contributed by atoms with E-state index in [1.54, 1.807) is 18.4 Å². The van der Waals surface area contributed by atoms with E-state index in [0.717, 1.165) is 0 Å². The molecular weight excluding hydrogens is 223 g/mol. The van der Waals surface area contributed by atoms with Crippen LogP contribution in [-0.4, -0.2) is 6.29 Å². The van der Waals surface area contributed by atoms with Gasteiger partial charge in [-0.2, -0.15) is 0 Å². The van der Waals surface area contributed by atoms with Crippen LogP contribution in [0.5, 0.6) is 0 Å². The van der Waals surface area contributed by atoms with Gasteiger partial charge in [0.05, 0.1) is 4.47 Å². The van der Waals surface area contributed by atoms with Crippen LogP contribution in [0, 0.1) is 5.82 Å². The predicted molar refractivity (Wildman–Crippen MR) is 48.8 cm³/mol.